The quantitative estimate of drug-likeness (QED) is 0.731. The van der Waals surface area contributed by atoms with Gasteiger partial charge < -0.3 is 10.3 Å². The first-order valence-corrected chi connectivity index (χ1v) is 7.86. The predicted molar refractivity (Wildman–Crippen MR) is 91.5 cm³/mol. The maximum Gasteiger partial charge on any atom is 0.253 e. The number of nitrogens with one attached hydrogen (secondary N) is 2. The number of aromatic amines is 1. The molecule has 0 fully saturated rings. The number of pyridine rings is 2. The molecule has 8 nitrogen and oxygen atoms in total. The summed E-state index contributed by atoms with van der Waals surface area (Å²) in [5, 5.41) is 6.94. The number of aromatic nitrogens is 5. The van der Waals surface area contributed by atoms with Gasteiger partial charge in [-0.25, -0.2) is 14.6 Å². The molecule has 128 valence electrons. The van der Waals surface area contributed by atoms with Crippen molar-refractivity contribution in [2.45, 2.75) is 26.3 Å². The van der Waals surface area contributed by atoms with Gasteiger partial charge in [0.2, 0.25) is 5.56 Å². The van der Waals surface area contributed by atoms with Gasteiger partial charge in [-0.1, -0.05) is 19.9 Å². The number of carbonyl (C=O) groups excluding carboxylic acids is 1. The molecular weight excluding hydrogens is 320 g/mol. The Morgan fingerprint density at radius 1 is 1.32 bits per heavy atom. The van der Waals surface area contributed by atoms with Gasteiger partial charge in [-0.3, -0.25) is 9.59 Å². The van der Waals surface area contributed by atoms with Crippen molar-refractivity contribution in [2.75, 3.05) is 0 Å². The summed E-state index contributed by atoms with van der Waals surface area (Å²) >= 11 is 0. The van der Waals surface area contributed by atoms with Crippen LogP contribution in [0.3, 0.4) is 0 Å². The van der Waals surface area contributed by atoms with Gasteiger partial charge in [-0.2, -0.15) is 5.10 Å². The van der Waals surface area contributed by atoms with Gasteiger partial charge in [0.1, 0.15) is 12.7 Å². The minimum Gasteiger partial charge on any atom is -0.348 e. The Kier molecular flexibility index (Phi) is 4.69. The van der Waals surface area contributed by atoms with Gasteiger partial charge in [0.15, 0.2) is 5.82 Å². The lowest BCUT2D eigenvalue weighted by molar-refractivity contribution is 0.0949. The van der Waals surface area contributed by atoms with Crippen molar-refractivity contribution < 1.29 is 4.79 Å². The third kappa shape index (κ3) is 3.63. The van der Waals surface area contributed by atoms with E-state index in [1.165, 1.54) is 12.4 Å². The van der Waals surface area contributed by atoms with E-state index in [9.17, 15) is 9.59 Å². The molecular formula is C17H18N6O2. The van der Waals surface area contributed by atoms with Crippen LogP contribution in [0, 0.1) is 0 Å². The molecule has 0 saturated heterocycles. The van der Waals surface area contributed by atoms with Crippen LogP contribution in [0.25, 0.3) is 5.82 Å². The normalized spacial score (nSPS) is 10.8. The van der Waals surface area contributed by atoms with Gasteiger partial charge in [-0.05, 0) is 18.1 Å². The molecule has 3 heterocycles. The fraction of sp³-hybridized carbons (Fsp3) is 0.235. The Balaban J connectivity index is 1.82. The Bertz CT molecular complexity index is 930. The molecule has 0 atom stereocenters. The van der Waals surface area contributed by atoms with Crippen LogP contribution in [0.15, 0.2) is 47.9 Å². The van der Waals surface area contributed by atoms with E-state index in [1.807, 2.05) is 19.9 Å². The minimum absolute atomic E-state index is 0.0266. The fourth-order valence-corrected chi connectivity index (χ4v) is 2.51. The van der Waals surface area contributed by atoms with E-state index in [0.717, 1.165) is 5.56 Å². The zero-order valence-electron chi connectivity index (χ0n) is 13.9. The van der Waals surface area contributed by atoms with Gasteiger partial charge in [0.05, 0.1) is 5.56 Å². The van der Waals surface area contributed by atoms with Crippen molar-refractivity contribution in [3.63, 3.8) is 0 Å². The molecule has 0 unspecified atom stereocenters. The highest BCUT2D eigenvalue weighted by Gasteiger charge is 2.15. The molecule has 0 radical (unpaired) electrons. The first-order chi connectivity index (χ1) is 12.1. The average molecular weight is 338 g/mol. The first-order valence-electron chi connectivity index (χ1n) is 7.86. The van der Waals surface area contributed by atoms with E-state index in [1.54, 1.807) is 29.3 Å². The molecule has 25 heavy (non-hydrogen) atoms. The van der Waals surface area contributed by atoms with Gasteiger partial charge in [0, 0.05) is 30.1 Å². The monoisotopic (exact) mass is 338 g/mol. The molecule has 0 aliphatic carbocycles. The zero-order valence-corrected chi connectivity index (χ0v) is 13.9. The van der Waals surface area contributed by atoms with Gasteiger partial charge in [-0.15, -0.1) is 0 Å². The van der Waals surface area contributed by atoms with Crippen molar-refractivity contribution in [3.8, 4) is 5.82 Å². The van der Waals surface area contributed by atoms with E-state index in [4.69, 9.17) is 0 Å². The fourth-order valence-electron chi connectivity index (χ4n) is 2.51. The van der Waals surface area contributed by atoms with Crippen LogP contribution in [0.2, 0.25) is 0 Å². The number of nitrogens with zero attached hydrogens (tertiary/aromatic N) is 4. The predicted octanol–water partition coefficient (Wildman–Crippen LogP) is 1.40. The van der Waals surface area contributed by atoms with Crippen LogP contribution in [0.5, 0.6) is 0 Å². The van der Waals surface area contributed by atoms with E-state index in [0.29, 0.717) is 17.1 Å². The van der Waals surface area contributed by atoms with Crippen LogP contribution in [-0.2, 0) is 6.54 Å². The highest BCUT2D eigenvalue weighted by molar-refractivity contribution is 5.95. The van der Waals surface area contributed by atoms with E-state index < -0.39 is 0 Å². The topological polar surface area (TPSA) is 106 Å². The summed E-state index contributed by atoms with van der Waals surface area (Å²) < 4.78 is 1.54. The Morgan fingerprint density at radius 3 is 2.88 bits per heavy atom. The third-order valence-corrected chi connectivity index (χ3v) is 3.71. The van der Waals surface area contributed by atoms with E-state index in [2.05, 4.69) is 25.4 Å². The zero-order chi connectivity index (χ0) is 17.8. The van der Waals surface area contributed by atoms with Crippen molar-refractivity contribution >= 4 is 5.91 Å². The highest BCUT2D eigenvalue weighted by atomic mass is 16.1. The molecule has 1 amide bonds. The number of hydrogen-bond donors (Lipinski definition) is 2. The van der Waals surface area contributed by atoms with Crippen molar-refractivity contribution in [1.29, 1.82) is 0 Å². The maximum atomic E-state index is 12.6. The Hall–Kier alpha value is -3.29. The maximum absolute atomic E-state index is 12.6. The summed E-state index contributed by atoms with van der Waals surface area (Å²) in [5.74, 6) is 0.373. The number of hydrogen-bond acceptors (Lipinski definition) is 5. The highest BCUT2D eigenvalue weighted by Crippen LogP contribution is 2.16. The standard InChI is InChI=1S/C17H18N6O2/c1-11(2)15-13(5-6-14(24)22-15)17(25)20-8-12-4-3-7-19-16(12)23-10-18-9-21-23/h3-7,9-11H,8H2,1-2H3,(H,20,25)(H,22,24). The van der Waals surface area contributed by atoms with Crippen LogP contribution < -0.4 is 10.9 Å². The lowest BCUT2D eigenvalue weighted by atomic mass is 10.0. The summed E-state index contributed by atoms with van der Waals surface area (Å²) in [4.78, 5) is 35.0. The molecule has 0 spiro atoms. The van der Waals surface area contributed by atoms with Crippen LogP contribution in [0.4, 0.5) is 0 Å². The number of amides is 1. The van der Waals surface area contributed by atoms with E-state index >= 15 is 0 Å². The molecule has 0 saturated carbocycles. The molecule has 0 aliphatic heterocycles. The Morgan fingerprint density at radius 2 is 2.16 bits per heavy atom. The lowest BCUT2D eigenvalue weighted by Gasteiger charge is -2.13. The minimum atomic E-state index is -0.256. The molecule has 0 aliphatic rings. The second-order valence-corrected chi connectivity index (χ2v) is 5.81. The molecule has 3 aromatic heterocycles. The second-order valence-electron chi connectivity index (χ2n) is 5.81. The van der Waals surface area contributed by atoms with Gasteiger partial charge >= 0.3 is 0 Å². The van der Waals surface area contributed by atoms with Crippen LogP contribution in [0.1, 0.15) is 41.4 Å². The molecule has 3 aromatic rings. The molecule has 8 heteroatoms. The summed E-state index contributed by atoms with van der Waals surface area (Å²) in [6.07, 6.45) is 4.62. The summed E-state index contributed by atoms with van der Waals surface area (Å²) in [5.41, 5.74) is 1.66. The van der Waals surface area contributed by atoms with E-state index in [-0.39, 0.29) is 23.9 Å². The van der Waals surface area contributed by atoms with Gasteiger partial charge in [0.25, 0.3) is 5.91 Å². The summed E-state index contributed by atoms with van der Waals surface area (Å²) in [6, 6.07) is 6.55. The first kappa shape index (κ1) is 16.6. The van der Waals surface area contributed by atoms with Crippen molar-refractivity contribution in [3.05, 3.63) is 70.3 Å². The van der Waals surface area contributed by atoms with Crippen molar-refractivity contribution in [1.82, 2.24) is 30.0 Å². The molecule has 3 rings (SSSR count). The number of rotatable bonds is 5. The average Bonchev–Trinajstić information content (AvgIpc) is 3.14. The second kappa shape index (κ2) is 7.08. The molecule has 0 bridgehead atoms. The number of H-pyrrole nitrogens is 1. The largest absolute Gasteiger partial charge is 0.348 e. The lowest BCUT2D eigenvalue weighted by Crippen LogP contribution is -2.27. The third-order valence-electron chi connectivity index (χ3n) is 3.71. The smallest absolute Gasteiger partial charge is 0.253 e. The molecule has 0 aromatic carbocycles. The van der Waals surface area contributed by atoms with Crippen LogP contribution in [-0.4, -0.2) is 30.6 Å². The summed E-state index contributed by atoms with van der Waals surface area (Å²) in [7, 11) is 0. The summed E-state index contributed by atoms with van der Waals surface area (Å²) in [6.45, 7) is 4.12. The van der Waals surface area contributed by atoms with Crippen molar-refractivity contribution in [2.24, 2.45) is 0 Å². The molecule has 2 N–H and O–H groups in total. The number of carbonyl (C=O) groups is 1. The SMILES string of the molecule is CC(C)c1[nH]c(=O)ccc1C(=O)NCc1cccnc1-n1cncn1. The van der Waals surface area contributed by atoms with Crippen LogP contribution >= 0.6 is 0 Å². The Labute approximate surface area is 144 Å².